The van der Waals surface area contributed by atoms with Crippen molar-refractivity contribution >= 4 is 23.7 Å². The van der Waals surface area contributed by atoms with Crippen molar-refractivity contribution < 1.29 is 24.2 Å². The maximum Gasteiger partial charge on any atom is 0.356 e. The Bertz CT molecular complexity index is 518. The summed E-state index contributed by atoms with van der Waals surface area (Å²) in [7, 11) is 0. The number of anilines is 1. The average molecular weight is 281 g/mol. The number of carbonyl (C=O) groups is 3. The van der Waals surface area contributed by atoms with Crippen molar-refractivity contribution in [1.29, 1.82) is 0 Å². The molecule has 0 fully saturated rings. The molecular formula is C12H15N3O5. The van der Waals surface area contributed by atoms with Crippen molar-refractivity contribution in [2.24, 2.45) is 0 Å². The predicted octanol–water partition coefficient (Wildman–Crippen LogP) is 0.853. The van der Waals surface area contributed by atoms with Crippen LogP contribution in [0.5, 0.6) is 0 Å². The molecule has 20 heavy (non-hydrogen) atoms. The van der Waals surface area contributed by atoms with Crippen LogP contribution in [-0.2, 0) is 9.53 Å². The number of hydrogen-bond acceptors (Lipinski definition) is 5. The highest BCUT2D eigenvalue weighted by atomic mass is 16.5. The number of amides is 2. The lowest BCUT2D eigenvalue weighted by molar-refractivity contribution is -0.144. The summed E-state index contributed by atoms with van der Waals surface area (Å²) < 4.78 is 4.73. The summed E-state index contributed by atoms with van der Waals surface area (Å²) in [4.78, 5) is 37.5. The van der Waals surface area contributed by atoms with Gasteiger partial charge in [0.05, 0.1) is 12.3 Å². The Kier molecular flexibility index (Phi) is 5.45. The number of carboxylic acid groups (broad SMARTS) is 1. The lowest BCUT2D eigenvalue weighted by Gasteiger charge is -2.13. The quantitative estimate of drug-likeness (QED) is 0.689. The van der Waals surface area contributed by atoms with E-state index in [1.165, 1.54) is 25.3 Å². The first kappa shape index (κ1) is 15.4. The third-order valence-electron chi connectivity index (χ3n) is 2.25. The Labute approximate surface area is 115 Å². The number of carbonyl (C=O) groups excluding carboxylic acids is 2. The van der Waals surface area contributed by atoms with Crippen LogP contribution >= 0.6 is 0 Å². The molecule has 0 spiro atoms. The van der Waals surface area contributed by atoms with E-state index in [0.717, 1.165) is 0 Å². The van der Waals surface area contributed by atoms with Gasteiger partial charge in [-0.25, -0.2) is 19.4 Å². The highest BCUT2D eigenvalue weighted by Crippen LogP contribution is 2.11. The molecule has 0 bridgehead atoms. The van der Waals surface area contributed by atoms with Crippen LogP contribution in [0.2, 0.25) is 0 Å². The molecule has 1 aromatic rings. The van der Waals surface area contributed by atoms with Crippen LogP contribution in [0.15, 0.2) is 18.3 Å². The fourth-order valence-corrected chi connectivity index (χ4v) is 1.36. The number of aromatic carboxylic acids is 1. The van der Waals surface area contributed by atoms with Gasteiger partial charge in [-0.15, -0.1) is 0 Å². The molecular weight excluding hydrogens is 266 g/mol. The van der Waals surface area contributed by atoms with Crippen molar-refractivity contribution in [1.82, 2.24) is 10.3 Å². The van der Waals surface area contributed by atoms with Crippen molar-refractivity contribution in [2.45, 2.75) is 19.9 Å². The molecule has 0 radical (unpaired) electrons. The van der Waals surface area contributed by atoms with Crippen molar-refractivity contribution in [3.05, 3.63) is 24.0 Å². The molecule has 8 nitrogen and oxygen atoms in total. The summed E-state index contributed by atoms with van der Waals surface area (Å²) in [5.74, 6) is -1.84. The van der Waals surface area contributed by atoms with E-state index in [-0.39, 0.29) is 18.0 Å². The van der Waals surface area contributed by atoms with Gasteiger partial charge in [0.15, 0.2) is 5.69 Å². The van der Waals surface area contributed by atoms with E-state index in [2.05, 4.69) is 15.6 Å². The molecule has 8 heteroatoms. The Morgan fingerprint density at radius 3 is 2.75 bits per heavy atom. The SMILES string of the molecule is CCOC(=O)C(C)NC(=O)Nc1cccnc1C(=O)O. The first-order valence-electron chi connectivity index (χ1n) is 5.88. The Morgan fingerprint density at radius 1 is 1.45 bits per heavy atom. The van der Waals surface area contributed by atoms with Crippen molar-refractivity contribution in [2.75, 3.05) is 11.9 Å². The van der Waals surface area contributed by atoms with Gasteiger partial charge in [0.2, 0.25) is 0 Å². The molecule has 0 aromatic carbocycles. The van der Waals surface area contributed by atoms with Crippen molar-refractivity contribution in [3.63, 3.8) is 0 Å². The van der Waals surface area contributed by atoms with Crippen LogP contribution in [0, 0.1) is 0 Å². The minimum atomic E-state index is -1.26. The first-order chi connectivity index (χ1) is 9.45. The number of hydrogen-bond donors (Lipinski definition) is 3. The van der Waals surface area contributed by atoms with Gasteiger partial charge >= 0.3 is 18.0 Å². The minimum absolute atomic E-state index is 0.0357. The molecule has 108 valence electrons. The lowest BCUT2D eigenvalue weighted by atomic mass is 10.3. The van der Waals surface area contributed by atoms with Gasteiger partial charge in [-0.05, 0) is 26.0 Å². The highest BCUT2D eigenvalue weighted by molar-refractivity contribution is 5.99. The summed E-state index contributed by atoms with van der Waals surface area (Å²) in [5, 5.41) is 13.6. The van der Waals surface area contributed by atoms with Crippen LogP contribution in [-0.4, -0.2) is 40.7 Å². The zero-order valence-corrected chi connectivity index (χ0v) is 11.0. The second kappa shape index (κ2) is 7.07. The first-order valence-corrected chi connectivity index (χ1v) is 5.88. The van der Waals surface area contributed by atoms with Crippen molar-refractivity contribution in [3.8, 4) is 0 Å². The highest BCUT2D eigenvalue weighted by Gasteiger charge is 2.18. The van der Waals surface area contributed by atoms with Crippen LogP contribution in [0.1, 0.15) is 24.3 Å². The van der Waals surface area contributed by atoms with E-state index in [1.807, 2.05) is 0 Å². The largest absolute Gasteiger partial charge is 0.476 e. The summed E-state index contributed by atoms with van der Waals surface area (Å²) in [5.41, 5.74) is -0.250. The van der Waals surface area contributed by atoms with Gasteiger partial charge in [0.1, 0.15) is 6.04 Å². The Balaban J connectivity index is 2.68. The number of pyridine rings is 1. The second-order valence-corrected chi connectivity index (χ2v) is 3.78. The van der Waals surface area contributed by atoms with Gasteiger partial charge in [0, 0.05) is 6.20 Å². The molecule has 1 heterocycles. The molecule has 1 aromatic heterocycles. The molecule has 3 N–H and O–H groups in total. The lowest BCUT2D eigenvalue weighted by Crippen LogP contribution is -2.42. The van der Waals surface area contributed by atoms with Gasteiger partial charge in [0.25, 0.3) is 0 Å². The minimum Gasteiger partial charge on any atom is -0.476 e. The molecule has 0 aliphatic rings. The van der Waals surface area contributed by atoms with Crippen LogP contribution in [0.3, 0.4) is 0 Å². The van der Waals surface area contributed by atoms with E-state index in [1.54, 1.807) is 6.92 Å². The summed E-state index contributed by atoms with van der Waals surface area (Å²) >= 11 is 0. The predicted molar refractivity (Wildman–Crippen MR) is 69.4 cm³/mol. The fourth-order valence-electron chi connectivity index (χ4n) is 1.36. The molecule has 1 rings (SSSR count). The zero-order valence-electron chi connectivity index (χ0n) is 11.0. The molecule has 0 aliphatic heterocycles. The fraction of sp³-hybridized carbons (Fsp3) is 0.333. The van der Waals surface area contributed by atoms with Crippen LogP contribution in [0.25, 0.3) is 0 Å². The van der Waals surface area contributed by atoms with Crippen LogP contribution in [0.4, 0.5) is 10.5 Å². The molecule has 1 unspecified atom stereocenters. The van der Waals surface area contributed by atoms with E-state index in [4.69, 9.17) is 9.84 Å². The number of carboxylic acids is 1. The number of ether oxygens (including phenoxy) is 1. The maximum absolute atomic E-state index is 11.7. The number of nitrogens with zero attached hydrogens (tertiary/aromatic N) is 1. The normalized spacial score (nSPS) is 11.3. The van der Waals surface area contributed by atoms with Gasteiger partial charge in [-0.2, -0.15) is 0 Å². The third kappa shape index (κ3) is 4.23. The van der Waals surface area contributed by atoms with E-state index >= 15 is 0 Å². The number of rotatable bonds is 5. The average Bonchev–Trinajstić information content (AvgIpc) is 2.39. The third-order valence-corrected chi connectivity index (χ3v) is 2.25. The van der Waals surface area contributed by atoms with Gasteiger partial charge in [-0.3, -0.25) is 0 Å². The Morgan fingerprint density at radius 2 is 2.15 bits per heavy atom. The summed E-state index contributed by atoms with van der Waals surface area (Å²) in [6.07, 6.45) is 1.30. The summed E-state index contributed by atoms with van der Waals surface area (Å²) in [6.45, 7) is 3.32. The topological polar surface area (TPSA) is 118 Å². The zero-order chi connectivity index (χ0) is 15.1. The number of urea groups is 1. The Hall–Kier alpha value is -2.64. The number of aromatic nitrogens is 1. The standard InChI is InChI=1S/C12H15N3O5/c1-3-20-11(18)7(2)14-12(19)15-8-5-4-6-13-9(8)10(16)17/h4-7H,3H2,1-2H3,(H,16,17)(H2,14,15,19). The number of nitrogens with one attached hydrogen (secondary N) is 2. The molecule has 0 saturated heterocycles. The van der Waals surface area contributed by atoms with E-state index in [9.17, 15) is 14.4 Å². The van der Waals surface area contributed by atoms with E-state index < -0.39 is 24.0 Å². The molecule has 0 aliphatic carbocycles. The maximum atomic E-state index is 11.7. The monoisotopic (exact) mass is 281 g/mol. The van der Waals surface area contributed by atoms with Crippen LogP contribution < -0.4 is 10.6 Å². The van der Waals surface area contributed by atoms with Gasteiger partial charge in [-0.1, -0.05) is 0 Å². The molecule has 2 amide bonds. The van der Waals surface area contributed by atoms with Gasteiger partial charge < -0.3 is 20.5 Å². The van der Waals surface area contributed by atoms with E-state index in [0.29, 0.717) is 0 Å². The molecule has 0 saturated carbocycles. The molecule has 1 atom stereocenters. The summed E-state index contributed by atoms with van der Waals surface area (Å²) in [6, 6.07) is 1.31. The second-order valence-electron chi connectivity index (χ2n) is 3.78. The smallest absolute Gasteiger partial charge is 0.356 e. The number of esters is 1.